The van der Waals surface area contributed by atoms with Gasteiger partial charge in [-0.2, -0.15) is 0 Å². The van der Waals surface area contributed by atoms with Gasteiger partial charge in [-0.3, -0.25) is 0 Å². The Labute approximate surface area is 61.5 Å². The first kappa shape index (κ1) is 6.93. The summed E-state index contributed by atoms with van der Waals surface area (Å²) in [5.74, 6) is 1.10. The van der Waals surface area contributed by atoms with Crippen molar-refractivity contribution in [2.75, 3.05) is 14.1 Å². The molecule has 0 fully saturated rings. The van der Waals surface area contributed by atoms with E-state index in [0.29, 0.717) is 0 Å². The van der Waals surface area contributed by atoms with Crippen LogP contribution < -0.4 is 5.32 Å². The predicted molar refractivity (Wildman–Crippen MR) is 43.2 cm³/mol. The molecule has 1 rings (SSSR count). The highest BCUT2D eigenvalue weighted by Crippen LogP contribution is 1.97. The molecule has 0 radical (unpaired) electrons. The van der Waals surface area contributed by atoms with Crippen LogP contribution in [-0.2, 0) is 0 Å². The van der Waals surface area contributed by atoms with Crippen molar-refractivity contribution in [2.45, 2.75) is 0 Å². The monoisotopic (exact) mass is 136 g/mol. The minimum atomic E-state index is 1.10. The third-order valence-electron chi connectivity index (χ3n) is 1.29. The summed E-state index contributed by atoms with van der Waals surface area (Å²) in [5, 5.41) is 3.12. The van der Waals surface area contributed by atoms with Gasteiger partial charge in [0.1, 0.15) is 5.82 Å². The second-order valence-corrected chi connectivity index (χ2v) is 2.33. The van der Waals surface area contributed by atoms with Crippen LogP contribution >= 0.6 is 0 Å². The van der Waals surface area contributed by atoms with E-state index in [1.54, 1.807) is 0 Å². The van der Waals surface area contributed by atoms with E-state index in [1.807, 2.05) is 49.5 Å². The molecule has 0 atom stereocenters. The number of hydrogen-bond acceptors (Lipinski definition) is 2. The van der Waals surface area contributed by atoms with E-state index in [4.69, 9.17) is 0 Å². The number of nitrogens with zero attached hydrogens (tertiary/aromatic N) is 1. The van der Waals surface area contributed by atoms with E-state index >= 15 is 0 Å². The zero-order valence-electron chi connectivity index (χ0n) is 6.33. The first-order chi connectivity index (χ1) is 4.80. The maximum atomic E-state index is 3.12. The molecule has 0 aromatic rings. The van der Waals surface area contributed by atoms with Crippen molar-refractivity contribution in [3.05, 3.63) is 36.3 Å². The number of rotatable bonds is 1. The Hall–Kier alpha value is -1.18. The van der Waals surface area contributed by atoms with Gasteiger partial charge in [0.25, 0.3) is 0 Å². The Kier molecular flexibility index (Phi) is 2.15. The molecule has 0 saturated heterocycles. The molecule has 0 aromatic carbocycles. The summed E-state index contributed by atoms with van der Waals surface area (Å²) >= 11 is 0. The fraction of sp³-hybridized carbons (Fsp3) is 0.250. The van der Waals surface area contributed by atoms with E-state index in [9.17, 15) is 0 Å². The first-order valence-corrected chi connectivity index (χ1v) is 3.28. The van der Waals surface area contributed by atoms with E-state index in [1.165, 1.54) is 0 Å². The zero-order valence-corrected chi connectivity index (χ0v) is 6.33. The first-order valence-electron chi connectivity index (χ1n) is 3.28. The van der Waals surface area contributed by atoms with Crippen LogP contribution in [0.3, 0.4) is 0 Å². The minimum absolute atomic E-state index is 1.10. The van der Waals surface area contributed by atoms with Gasteiger partial charge in [-0.15, -0.1) is 0 Å². The molecule has 2 heteroatoms. The molecular formula is C8H12N2. The zero-order chi connectivity index (χ0) is 7.40. The average Bonchev–Trinajstić information content (AvgIpc) is 2.12. The molecule has 1 N–H and O–H groups in total. The Balaban J connectivity index is 2.68. The van der Waals surface area contributed by atoms with Gasteiger partial charge in [0, 0.05) is 20.3 Å². The van der Waals surface area contributed by atoms with Crippen LogP contribution in [0, 0.1) is 0 Å². The lowest BCUT2D eigenvalue weighted by atomic mass is 10.4. The van der Waals surface area contributed by atoms with Crippen LogP contribution in [0.5, 0.6) is 0 Å². The van der Waals surface area contributed by atoms with Gasteiger partial charge in [-0.25, -0.2) is 0 Å². The van der Waals surface area contributed by atoms with Crippen molar-refractivity contribution < 1.29 is 0 Å². The summed E-state index contributed by atoms with van der Waals surface area (Å²) in [4.78, 5) is 2.03. The standard InChI is InChI=1S/C8H12N2/c1-10(2)8-6-4-3-5-7-9-8/h3-7,9H,1-2H3. The molecule has 0 amide bonds. The Morgan fingerprint density at radius 1 is 1.20 bits per heavy atom. The van der Waals surface area contributed by atoms with Crippen molar-refractivity contribution in [1.82, 2.24) is 10.2 Å². The smallest absolute Gasteiger partial charge is 0.105 e. The van der Waals surface area contributed by atoms with Crippen LogP contribution in [-0.4, -0.2) is 19.0 Å². The highest BCUT2D eigenvalue weighted by atomic mass is 15.2. The lowest BCUT2D eigenvalue weighted by Crippen LogP contribution is -2.20. The maximum Gasteiger partial charge on any atom is 0.105 e. The lowest BCUT2D eigenvalue weighted by Gasteiger charge is -2.15. The third kappa shape index (κ3) is 1.65. The Morgan fingerprint density at radius 2 is 2.00 bits per heavy atom. The summed E-state index contributed by atoms with van der Waals surface area (Å²) < 4.78 is 0. The van der Waals surface area contributed by atoms with Gasteiger partial charge in [0.2, 0.25) is 0 Å². The van der Waals surface area contributed by atoms with Crippen LogP contribution in [0.2, 0.25) is 0 Å². The van der Waals surface area contributed by atoms with E-state index in [0.717, 1.165) is 5.82 Å². The molecule has 54 valence electrons. The molecule has 0 saturated carbocycles. The van der Waals surface area contributed by atoms with Crippen molar-refractivity contribution in [3.8, 4) is 0 Å². The van der Waals surface area contributed by atoms with Crippen molar-refractivity contribution >= 4 is 0 Å². The molecule has 1 heterocycles. The largest absolute Gasteiger partial charge is 0.364 e. The second kappa shape index (κ2) is 3.11. The van der Waals surface area contributed by atoms with Crippen LogP contribution in [0.15, 0.2) is 36.3 Å². The van der Waals surface area contributed by atoms with Crippen molar-refractivity contribution in [1.29, 1.82) is 0 Å². The summed E-state index contributed by atoms with van der Waals surface area (Å²) in [5.41, 5.74) is 0. The molecule has 2 nitrogen and oxygen atoms in total. The second-order valence-electron chi connectivity index (χ2n) is 2.33. The molecule has 10 heavy (non-hydrogen) atoms. The quantitative estimate of drug-likeness (QED) is 0.580. The highest BCUT2D eigenvalue weighted by Gasteiger charge is 1.94. The van der Waals surface area contributed by atoms with Gasteiger partial charge >= 0.3 is 0 Å². The normalized spacial score (nSPS) is 15.6. The molecule has 0 spiro atoms. The number of hydrogen-bond donors (Lipinski definition) is 1. The third-order valence-corrected chi connectivity index (χ3v) is 1.29. The molecule has 0 unspecified atom stereocenters. The predicted octanol–water partition coefficient (Wildman–Crippen LogP) is 1.06. The van der Waals surface area contributed by atoms with Gasteiger partial charge in [-0.05, 0) is 12.2 Å². The van der Waals surface area contributed by atoms with Crippen molar-refractivity contribution in [2.24, 2.45) is 0 Å². The average molecular weight is 136 g/mol. The molecule has 0 aromatic heterocycles. The number of allylic oxidation sites excluding steroid dienone is 4. The summed E-state index contributed by atoms with van der Waals surface area (Å²) in [6.07, 6.45) is 9.90. The van der Waals surface area contributed by atoms with Gasteiger partial charge in [0.15, 0.2) is 0 Å². The molecule has 0 aliphatic carbocycles. The molecule has 1 aliphatic rings. The fourth-order valence-corrected chi connectivity index (χ4v) is 0.726. The van der Waals surface area contributed by atoms with Crippen LogP contribution in [0.4, 0.5) is 0 Å². The molecular weight excluding hydrogens is 124 g/mol. The van der Waals surface area contributed by atoms with E-state index < -0.39 is 0 Å². The molecule has 0 bridgehead atoms. The summed E-state index contributed by atoms with van der Waals surface area (Å²) in [6.45, 7) is 0. The molecule has 1 aliphatic heterocycles. The van der Waals surface area contributed by atoms with Gasteiger partial charge in [0.05, 0.1) is 0 Å². The van der Waals surface area contributed by atoms with Gasteiger partial charge in [-0.1, -0.05) is 12.2 Å². The Morgan fingerprint density at radius 3 is 2.70 bits per heavy atom. The van der Waals surface area contributed by atoms with E-state index in [-0.39, 0.29) is 0 Å². The SMILES string of the molecule is CN(C)C1=CC=CC=CN1. The minimum Gasteiger partial charge on any atom is -0.364 e. The van der Waals surface area contributed by atoms with Crippen LogP contribution in [0.25, 0.3) is 0 Å². The van der Waals surface area contributed by atoms with Crippen molar-refractivity contribution in [3.63, 3.8) is 0 Å². The van der Waals surface area contributed by atoms with E-state index in [2.05, 4.69) is 5.32 Å². The topological polar surface area (TPSA) is 15.3 Å². The summed E-state index contributed by atoms with van der Waals surface area (Å²) in [6, 6.07) is 0. The maximum absolute atomic E-state index is 3.12. The number of nitrogens with one attached hydrogen (secondary N) is 1. The summed E-state index contributed by atoms with van der Waals surface area (Å²) in [7, 11) is 4.01. The lowest BCUT2D eigenvalue weighted by molar-refractivity contribution is 0.483. The van der Waals surface area contributed by atoms with Crippen LogP contribution in [0.1, 0.15) is 0 Å². The fourth-order valence-electron chi connectivity index (χ4n) is 0.726. The Bertz CT molecular complexity index is 187. The van der Waals surface area contributed by atoms with Gasteiger partial charge < -0.3 is 10.2 Å². The highest BCUT2D eigenvalue weighted by molar-refractivity contribution is 5.19.